The summed E-state index contributed by atoms with van der Waals surface area (Å²) in [6.45, 7) is 4.04. The average molecular weight is 217 g/mol. The number of hydrogen-bond donors (Lipinski definition) is 1. The van der Waals surface area contributed by atoms with E-state index in [2.05, 4.69) is 11.6 Å². The Balaban J connectivity index is 2.09. The van der Waals surface area contributed by atoms with Gasteiger partial charge in [0.25, 0.3) is 0 Å². The first-order chi connectivity index (χ1) is 7.81. The quantitative estimate of drug-likeness (QED) is 0.781. The van der Waals surface area contributed by atoms with Crippen molar-refractivity contribution in [2.45, 2.75) is 18.6 Å². The van der Waals surface area contributed by atoms with E-state index in [4.69, 9.17) is 4.74 Å². The number of benzene rings is 1. The first-order valence-corrected chi connectivity index (χ1v) is 5.36. The minimum Gasteiger partial charge on any atom is -0.475 e. The van der Waals surface area contributed by atoms with Crippen LogP contribution < -0.4 is 0 Å². The maximum Gasteiger partial charge on any atom is 0.216 e. The topological polar surface area (TPSA) is 41.8 Å². The van der Waals surface area contributed by atoms with Crippen molar-refractivity contribution in [3.63, 3.8) is 0 Å². The van der Waals surface area contributed by atoms with Gasteiger partial charge in [0.05, 0.1) is 6.10 Å². The van der Waals surface area contributed by atoms with E-state index in [1.807, 2.05) is 30.3 Å². The molecule has 1 aliphatic heterocycles. The molecule has 0 spiro atoms. The van der Waals surface area contributed by atoms with Crippen molar-refractivity contribution in [1.29, 1.82) is 0 Å². The Labute approximate surface area is 95.1 Å². The molecule has 1 aliphatic rings. The predicted molar refractivity (Wildman–Crippen MR) is 63.5 cm³/mol. The third-order valence-corrected chi connectivity index (χ3v) is 2.55. The van der Waals surface area contributed by atoms with Crippen LogP contribution in [0.1, 0.15) is 12.0 Å². The van der Waals surface area contributed by atoms with Gasteiger partial charge in [-0.05, 0) is 18.6 Å². The molecule has 0 unspecified atom stereocenters. The standard InChI is InChI=1S/C13H15NO2/c1-2-6-12(15)11-9-16-13(14-11)10-7-4-3-5-8-10/h2-5,7-8,11-12,15H,1,6,9H2/t11-,12+/m1/s1. The van der Waals surface area contributed by atoms with E-state index in [1.54, 1.807) is 6.08 Å². The molecule has 3 nitrogen and oxygen atoms in total. The van der Waals surface area contributed by atoms with Gasteiger partial charge < -0.3 is 9.84 Å². The maximum atomic E-state index is 9.76. The molecule has 84 valence electrons. The predicted octanol–water partition coefficient (Wildman–Crippen LogP) is 1.77. The number of aliphatic imine (C=N–C) groups is 1. The van der Waals surface area contributed by atoms with Crippen LogP contribution in [0.15, 0.2) is 48.0 Å². The van der Waals surface area contributed by atoms with Crippen molar-refractivity contribution >= 4 is 5.90 Å². The molecule has 2 rings (SSSR count). The molecule has 1 heterocycles. The van der Waals surface area contributed by atoms with Crippen LogP contribution in [-0.4, -0.2) is 29.8 Å². The van der Waals surface area contributed by atoms with Crippen molar-refractivity contribution in [3.8, 4) is 0 Å². The van der Waals surface area contributed by atoms with E-state index in [9.17, 15) is 5.11 Å². The summed E-state index contributed by atoms with van der Waals surface area (Å²) in [6, 6.07) is 9.54. The van der Waals surface area contributed by atoms with E-state index < -0.39 is 6.10 Å². The lowest BCUT2D eigenvalue weighted by molar-refractivity contribution is 0.131. The summed E-state index contributed by atoms with van der Waals surface area (Å²) < 4.78 is 5.47. The van der Waals surface area contributed by atoms with Crippen molar-refractivity contribution in [2.75, 3.05) is 6.61 Å². The molecule has 0 amide bonds. The molecule has 0 bridgehead atoms. The van der Waals surface area contributed by atoms with Crippen LogP contribution in [0.4, 0.5) is 0 Å². The number of rotatable bonds is 4. The molecule has 0 fully saturated rings. The van der Waals surface area contributed by atoms with Gasteiger partial charge in [0.1, 0.15) is 12.6 Å². The zero-order valence-corrected chi connectivity index (χ0v) is 9.04. The van der Waals surface area contributed by atoms with E-state index in [0.717, 1.165) is 5.56 Å². The Morgan fingerprint density at radius 1 is 1.50 bits per heavy atom. The van der Waals surface area contributed by atoms with Crippen molar-refractivity contribution in [3.05, 3.63) is 48.6 Å². The van der Waals surface area contributed by atoms with Crippen molar-refractivity contribution in [1.82, 2.24) is 0 Å². The van der Waals surface area contributed by atoms with E-state index in [0.29, 0.717) is 18.9 Å². The Kier molecular flexibility index (Phi) is 3.37. The molecule has 0 radical (unpaired) electrons. The van der Waals surface area contributed by atoms with Gasteiger partial charge in [-0.3, -0.25) is 0 Å². The van der Waals surface area contributed by atoms with Crippen molar-refractivity contribution in [2.24, 2.45) is 4.99 Å². The molecular weight excluding hydrogens is 202 g/mol. The van der Waals surface area contributed by atoms with Gasteiger partial charge in [-0.25, -0.2) is 4.99 Å². The lowest BCUT2D eigenvalue weighted by Crippen LogP contribution is -2.24. The van der Waals surface area contributed by atoms with Gasteiger partial charge in [-0.15, -0.1) is 6.58 Å². The van der Waals surface area contributed by atoms with Gasteiger partial charge in [0.15, 0.2) is 0 Å². The minimum atomic E-state index is -0.501. The highest BCUT2D eigenvalue weighted by atomic mass is 16.5. The SMILES string of the molecule is C=CC[C@H](O)[C@H]1COC(c2ccccc2)=N1. The van der Waals surface area contributed by atoms with Crippen LogP contribution in [0.2, 0.25) is 0 Å². The molecule has 0 saturated heterocycles. The smallest absolute Gasteiger partial charge is 0.216 e. The fraction of sp³-hybridized carbons (Fsp3) is 0.308. The fourth-order valence-electron chi connectivity index (χ4n) is 1.65. The summed E-state index contributed by atoms with van der Waals surface area (Å²) in [4.78, 5) is 4.37. The Morgan fingerprint density at radius 3 is 2.94 bits per heavy atom. The molecule has 1 aromatic carbocycles. The molecule has 0 aliphatic carbocycles. The van der Waals surface area contributed by atoms with E-state index >= 15 is 0 Å². The summed E-state index contributed by atoms with van der Waals surface area (Å²) in [5.41, 5.74) is 0.954. The lowest BCUT2D eigenvalue weighted by atomic mass is 10.1. The van der Waals surface area contributed by atoms with Crippen LogP contribution in [0.25, 0.3) is 0 Å². The number of aliphatic hydroxyl groups is 1. The van der Waals surface area contributed by atoms with Gasteiger partial charge in [0, 0.05) is 5.56 Å². The summed E-state index contributed by atoms with van der Waals surface area (Å²) >= 11 is 0. The second kappa shape index (κ2) is 4.94. The zero-order chi connectivity index (χ0) is 11.4. The third-order valence-electron chi connectivity index (χ3n) is 2.55. The summed E-state index contributed by atoms with van der Waals surface area (Å²) in [5, 5.41) is 9.76. The van der Waals surface area contributed by atoms with Crippen LogP contribution in [0.3, 0.4) is 0 Å². The van der Waals surface area contributed by atoms with Gasteiger partial charge >= 0.3 is 0 Å². The zero-order valence-electron chi connectivity index (χ0n) is 9.04. The van der Waals surface area contributed by atoms with Crippen LogP contribution in [0, 0.1) is 0 Å². The normalized spacial score (nSPS) is 21.1. The number of aliphatic hydroxyl groups excluding tert-OH is 1. The molecule has 0 saturated carbocycles. The molecule has 16 heavy (non-hydrogen) atoms. The number of nitrogens with zero attached hydrogens (tertiary/aromatic N) is 1. The first kappa shape index (κ1) is 10.9. The largest absolute Gasteiger partial charge is 0.475 e. The molecule has 3 heteroatoms. The van der Waals surface area contributed by atoms with Gasteiger partial charge in [0.2, 0.25) is 5.90 Å². The van der Waals surface area contributed by atoms with Gasteiger partial charge in [-0.1, -0.05) is 24.3 Å². The molecule has 1 aromatic rings. The first-order valence-electron chi connectivity index (χ1n) is 5.36. The molecule has 2 atom stereocenters. The molecule has 0 aromatic heterocycles. The van der Waals surface area contributed by atoms with Gasteiger partial charge in [-0.2, -0.15) is 0 Å². The highest BCUT2D eigenvalue weighted by molar-refractivity contribution is 5.95. The second-order valence-corrected chi connectivity index (χ2v) is 3.77. The Hall–Kier alpha value is -1.61. The van der Waals surface area contributed by atoms with E-state index in [-0.39, 0.29) is 6.04 Å². The maximum absolute atomic E-state index is 9.76. The average Bonchev–Trinajstić information content (AvgIpc) is 2.80. The number of hydrogen-bond acceptors (Lipinski definition) is 3. The fourth-order valence-corrected chi connectivity index (χ4v) is 1.65. The van der Waals surface area contributed by atoms with E-state index in [1.165, 1.54) is 0 Å². The summed E-state index contributed by atoms with van der Waals surface area (Å²) in [5.74, 6) is 0.619. The lowest BCUT2D eigenvalue weighted by Gasteiger charge is -2.10. The van der Waals surface area contributed by atoms with Crippen LogP contribution >= 0.6 is 0 Å². The van der Waals surface area contributed by atoms with Crippen molar-refractivity contribution < 1.29 is 9.84 Å². The minimum absolute atomic E-state index is 0.173. The number of ether oxygens (including phenoxy) is 1. The Bertz CT molecular complexity index is 386. The molecule has 1 N–H and O–H groups in total. The van der Waals surface area contributed by atoms with Crippen LogP contribution in [-0.2, 0) is 4.74 Å². The monoisotopic (exact) mass is 217 g/mol. The third kappa shape index (κ3) is 2.31. The molecular formula is C13H15NO2. The highest BCUT2D eigenvalue weighted by Gasteiger charge is 2.25. The Morgan fingerprint density at radius 2 is 2.25 bits per heavy atom. The summed E-state index contributed by atoms with van der Waals surface area (Å²) in [7, 11) is 0. The highest BCUT2D eigenvalue weighted by Crippen LogP contribution is 2.15. The second-order valence-electron chi connectivity index (χ2n) is 3.77. The van der Waals surface area contributed by atoms with Crippen LogP contribution in [0.5, 0.6) is 0 Å². The summed E-state index contributed by atoms with van der Waals surface area (Å²) in [6.07, 6.45) is 1.74.